The van der Waals surface area contributed by atoms with Gasteiger partial charge in [-0.15, -0.1) is 0 Å². The van der Waals surface area contributed by atoms with Crippen LogP contribution in [0.4, 0.5) is 0 Å². The molecule has 1 aliphatic heterocycles. The Balaban J connectivity index is 1.49. The first-order chi connectivity index (χ1) is 11.8. The van der Waals surface area contributed by atoms with E-state index < -0.39 is 0 Å². The minimum absolute atomic E-state index is 0.0272. The number of amides is 1. The molecule has 24 heavy (non-hydrogen) atoms. The van der Waals surface area contributed by atoms with Crippen molar-refractivity contribution in [3.8, 4) is 5.82 Å². The highest BCUT2D eigenvalue weighted by molar-refractivity contribution is 5.94. The molecule has 1 amide bonds. The molecule has 1 fully saturated rings. The van der Waals surface area contributed by atoms with Crippen LogP contribution in [0.2, 0.25) is 0 Å². The molecule has 0 N–H and O–H groups in total. The maximum Gasteiger partial charge on any atom is 0.255 e. The molecule has 3 aromatic rings. The summed E-state index contributed by atoms with van der Waals surface area (Å²) in [4.78, 5) is 23.1. The molecule has 0 saturated carbocycles. The quantitative estimate of drug-likeness (QED) is 0.739. The number of aromatic nitrogens is 5. The number of pyridine rings is 1. The molecule has 4 heterocycles. The molecule has 0 radical (unpaired) electrons. The number of carbonyl (C=O) groups excluding carboxylic acids is 1. The first-order valence-corrected chi connectivity index (χ1v) is 8.04. The smallest absolute Gasteiger partial charge is 0.255 e. The lowest BCUT2D eigenvalue weighted by atomic mass is 10.0. The van der Waals surface area contributed by atoms with Crippen molar-refractivity contribution >= 4 is 5.91 Å². The van der Waals surface area contributed by atoms with Crippen molar-refractivity contribution < 1.29 is 4.79 Å². The van der Waals surface area contributed by atoms with Crippen LogP contribution < -0.4 is 0 Å². The Morgan fingerprint density at radius 3 is 2.88 bits per heavy atom. The highest BCUT2D eigenvalue weighted by Crippen LogP contribution is 2.22. The molecule has 1 atom stereocenters. The van der Waals surface area contributed by atoms with Crippen LogP contribution in [0.25, 0.3) is 5.82 Å². The second-order valence-electron chi connectivity index (χ2n) is 5.91. The standard InChI is InChI=1S/C17H18N6O/c24-17(14-4-5-16(19-11-14)23-9-2-6-20-23)21-8-1-3-15(12-21)22-10-7-18-13-22/h2,4-7,9-11,13,15H,1,3,8,12H2/t15-/m0/s1. The van der Waals surface area contributed by atoms with Gasteiger partial charge in [-0.1, -0.05) is 0 Å². The van der Waals surface area contributed by atoms with Crippen LogP contribution in [0.5, 0.6) is 0 Å². The summed E-state index contributed by atoms with van der Waals surface area (Å²) in [5, 5.41) is 4.14. The number of hydrogen-bond donors (Lipinski definition) is 0. The van der Waals surface area contributed by atoms with Crippen LogP contribution in [-0.4, -0.2) is 48.2 Å². The number of nitrogens with zero attached hydrogens (tertiary/aromatic N) is 6. The van der Waals surface area contributed by atoms with E-state index in [9.17, 15) is 4.79 Å². The van der Waals surface area contributed by atoms with Gasteiger partial charge in [-0.3, -0.25) is 4.79 Å². The number of likely N-dealkylation sites (tertiary alicyclic amines) is 1. The third-order valence-electron chi connectivity index (χ3n) is 4.36. The molecule has 0 unspecified atom stereocenters. The predicted molar refractivity (Wildman–Crippen MR) is 87.8 cm³/mol. The predicted octanol–water partition coefficient (Wildman–Crippen LogP) is 1.94. The lowest BCUT2D eigenvalue weighted by Gasteiger charge is -2.33. The van der Waals surface area contributed by atoms with Crippen molar-refractivity contribution in [2.75, 3.05) is 13.1 Å². The van der Waals surface area contributed by atoms with Gasteiger partial charge in [0.1, 0.15) is 0 Å². The zero-order valence-electron chi connectivity index (χ0n) is 13.2. The number of hydrogen-bond acceptors (Lipinski definition) is 4. The second-order valence-corrected chi connectivity index (χ2v) is 5.91. The van der Waals surface area contributed by atoms with Crippen LogP contribution in [0.3, 0.4) is 0 Å². The first kappa shape index (κ1) is 14.6. The molecule has 0 bridgehead atoms. The van der Waals surface area contributed by atoms with Gasteiger partial charge in [0.15, 0.2) is 5.82 Å². The van der Waals surface area contributed by atoms with Crippen LogP contribution in [0.15, 0.2) is 55.5 Å². The topological polar surface area (TPSA) is 68.8 Å². The molecule has 0 spiro atoms. The van der Waals surface area contributed by atoms with E-state index >= 15 is 0 Å². The normalized spacial score (nSPS) is 17.8. The van der Waals surface area contributed by atoms with Gasteiger partial charge in [-0.2, -0.15) is 5.10 Å². The van der Waals surface area contributed by atoms with E-state index in [1.807, 2.05) is 41.8 Å². The highest BCUT2D eigenvalue weighted by atomic mass is 16.2. The van der Waals surface area contributed by atoms with Crippen molar-refractivity contribution in [2.45, 2.75) is 18.9 Å². The van der Waals surface area contributed by atoms with Crippen molar-refractivity contribution in [3.63, 3.8) is 0 Å². The molecule has 4 rings (SSSR count). The Labute approximate surface area is 139 Å². The molecule has 122 valence electrons. The molecule has 1 aliphatic rings. The summed E-state index contributed by atoms with van der Waals surface area (Å²) in [7, 11) is 0. The summed E-state index contributed by atoms with van der Waals surface area (Å²) in [6, 6.07) is 5.76. The van der Waals surface area contributed by atoms with Crippen molar-refractivity contribution in [3.05, 3.63) is 61.1 Å². The van der Waals surface area contributed by atoms with Gasteiger partial charge < -0.3 is 9.47 Å². The van der Waals surface area contributed by atoms with Crippen LogP contribution >= 0.6 is 0 Å². The molecule has 3 aromatic heterocycles. The number of rotatable bonds is 3. The highest BCUT2D eigenvalue weighted by Gasteiger charge is 2.25. The zero-order chi connectivity index (χ0) is 16.4. The van der Waals surface area contributed by atoms with E-state index in [2.05, 4.69) is 19.6 Å². The first-order valence-electron chi connectivity index (χ1n) is 8.04. The van der Waals surface area contributed by atoms with Gasteiger partial charge in [-0.25, -0.2) is 14.6 Å². The maximum atomic E-state index is 12.8. The fourth-order valence-electron chi connectivity index (χ4n) is 3.10. The monoisotopic (exact) mass is 322 g/mol. The van der Waals surface area contributed by atoms with Crippen LogP contribution in [0, 0.1) is 0 Å². The summed E-state index contributed by atoms with van der Waals surface area (Å²) in [6.45, 7) is 1.49. The van der Waals surface area contributed by atoms with Crippen molar-refractivity contribution in [1.29, 1.82) is 0 Å². The molecule has 1 saturated heterocycles. The fourth-order valence-corrected chi connectivity index (χ4v) is 3.10. The molecule has 0 aromatic carbocycles. The molecular weight excluding hydrogens is 304 g/mol. The third kappa shape index (κ3) is 2.80. The van der Waals surface area contributed by atoms with Gasteiger partial charge in [-0.05, 0) is 31.0 Å². The average molecular weight is 322 g/mol. The average Bonchev–Trinajstić information content (AvgIpc) is 3.35. The molecule has 7 nitrogen and oxygen atoms in total. The minimum Gasteiger partial charge on any atom is -0.337 e. The van der Waals surface area contributed by atoms with E-state index in [0.29, 0.717) is 24.0 Å². The SMILES string of the molecule is O=C(c1ccc(-n2cccn2)nc1)N1CCC[C@H](n2ccnc2)C1. The number of piperidine rings is 1. The summed E-state index contributed by atoms with van der Waals surface area (Å²) in [5.41, 5.74) is 0.609. The van der Waals surface area contributed by atoms with E-state index in [0.717, 1.165) is 19.4 Å². The Hall–Kier alpha value is -2.96. The largest absolute Gasteiger partial charge is 0.337 e. The van der Waals surface area contributed by atoms with E-state index in [4.69, 9.17) is 0 Å². The zero-order valence-corrected chi connectivity index (χ0v) is 13.2. The van der Waals surface area contributed by atoms with Crippen LogP contribution in [0.1, 0.15) is 29.2 Å². The van der Waals surface area contributed by atoms with E-state index in [1.54, 1.807) is 23.3 Å². The van der Waals surface area contributed by atoms with Gasteiger partial charge >= 0.3 is 0 Å². The second kappa shape index (κ2) is 6.27. The maximum absolute atomic E-state index is 12.8. The van der Waals surface area contributed by atoms with E-state index in [-0.39, 0.29) is 5.91 Å². The van der Waals surface area contributed by atoms with Crippen LogP contribution in [-0.2, 0) is 0 Å². The Morgan fingerprint density at radius 2 is 2.17 bits per heavy atom. The number of carbonyl (C=O) groups is 1. The lowest BCUT2D eigenvalue weighted by molar-refractivity contribution is 0.0679. The summed E-state index contributed by atoms with van der Waals surface area (Å²) < 4.78 is 3.75. The summed E-state index contributed by atoms with van der Waals surface area (Å²) >= 11 is 0. The molecule has 7 heteroatoms. The Kier molecular flexibility index (Phi) is 3.82. The third-order valence-corrected chi connectivity index (χ3v) is 4.36. The Bertz CT molecular complexity index is 794. The van der Waals surface area contributed by atoms with Gasteiger partial charge in [0.25, 0.3) is 5.91 Å². The van der Waals surface area contributed by atoms with E-state index in [1.165, 1.54) is 0 Å². The van der Waals surface area contributed by atoms with Crippen molar-refractivity contribution in [2.24, 2.45) is 0 Å². The van der Waals surface area contributed by atoms with Crippen molar-refractivity contribution in [1.82, 2.24) is 29.2 Å². The summed E-state index contributed by atoms with van der Waals surface area (Å²) in [6.07, 6.45) is 12.8. The summed E-state index contributed by atoms with van der Waals surface area (Å²) in [5.74, 6) is 0.728. The Morgan fingerprint density at radius 1 is 1.21 bits per heavy atom. The fraction of sp³-hybridized carbons (Fsp3) is 0.294. The lowest BCUT2D eigenvalue weighted by Crippen LogP contribution is -2.40. The molecular formula is C17H18N6O. The van der Waals surface area contributed by atoms with Gasteiger partial charge in [0, 0.05) is 44.1 Å². The molecule has 0 aliphatic carbocycles. The van der Waals surface area contributed by atoms with Gasteiger partial charge in [0.2, 0.25) is 0 Å². The minimum atomic E-state index is 0.0272. The number of imidazole rings is 1. The van der Waals surface area contributed by atoms with Gasteiger partial charge in [0.05, 0.1) is 17.9 Å².